The zero-order chi connectivity index (χ0) is 30.3. The van der Waals surface area contributed by atoms with Crippen LogP contribution in [0.2, 0.25) is 0 Å². The maximum atomic E-state index is 13.3. The molecular weight excluding hydrogens is 532 g/mol. The van der Waals surface area contributed by atoms with Crippen LogP contribution in [-0.4, -0.2) is 42.1 Å². The van der Waals surface area contributed by atoms with E-state index in [1.54, 1.807) is 7.11 Å². The maximum Gasteiger partial charge on any atom is 0.306 e. The van der Waals surface area contributed by atoms with E-state index in [9.17, 15) is 4.79 Å². The van der Waals surface area contributed by atoms with Gasteiger partial charge in [0.1, 0.15) is 11.9 Å². The molecule has 234 valence electrons. The molecule has 2 aromatic rings. The van der Waals surface area contributed by atoms with Crippen LogP contribution in [0.25, 0.3) is 10.9 Å². The van der Waals surface area contributed by atoms with Crippen molar-refractivity contribution in [2.75, 3.05) is 20.2 Å². The molecule has 0 N–H and O–H groups in total. The normalized spacial score (nSPS) is 22.4. The third-order valence-corrected chi connectivity index (χ3v) is 9.38. The second kappa shape index (κ2) is 18.0. The van der Waals surface area contributed by atoms with Crippen molar-refractivity contribution in [3.05, 3.63) is 73.0 Å². The lowest BCUT2D eigenvalue weighted by Crippen LogP contribution is -2.55. The number of hydrogen-bond donors (Lipinski definition) is 0. The Labute approximate surface area is 260 Å². The van der Waals surface area contributed by atoms with Gasteiger partial charge in [-0.25, -0.2) is 0 Å². The summed E-state index contributed by atoms with van der Waals surface area (Å²) >= 11 is 0. The van der Waals surface area contributed by atoms with Crippen LogP contribution in [0.5, 0.6) is 5.75 Å². The zero-order valence-electron chi connectivity index (χ0n) is 26.7. The van der Waals surface area contributed by atoms with E-state index in [0.29, 0.717) is 18.3 Å². The van der Waals surface area contributed by atoms with Gasteiger partial charge in [0.05, 0.1) is 18.7 Å². The fourth-order valence-corrected chi connectivity index (χ4v) is 6.84. The van der Waals surface area contributed by atoms with Crippen LogP contribution in [0.3, 0.4) is 0 Å². The molecule has 0 amide bonds. The Morgan fingerprint density at radius 1 is 1.05 bits per heavy atom. The molecule has 0 spiro atoms. The Morgan fingerprint density at radius 2 is 1.81 bits per heavy atom. The summed E-state index contributed by atoms with van der Waals surface area (Å²) in [6.45, 7) is 8.38. The highest BCUT2D eigenvalue weighted by Crippen LogP contribution is 2.43. The number of fused-ring (bicyclic) bond motifs is 4. The fraction of sp³-hybridized carbons (Fsp3) is 0.579. The molecule has 1 aromatic heterocycles. The van der Waals surface area contributed by atoms with Crippen molar-refractivity contribution in [3.63, 3.8) is 0 Å². The number of aromatic nitrogens is 1. The molecule has 2 bridgehead atoms. The van der Waals surface area contributed by atoms with E-state index in [4.69, 9.17) is 9.47 Å². The number of hydrogen-bond acceptors (Lipinski definition) is 5. The van der Waals surface area contributed by atoms with E-state index >= 15 is 0 Å². The molecule has 0 saturated carbocycles. The minimum atomic E-state index is -0.323. The second-order valence-electron chi connectivity index (χ2n) is 12.4. The van der Waals surface area contributed by atoms with E-state index in [-0.39, 0.29) is 18.1 Å². The lowest BCUT2D eigenvalue weighted by Gasteiger charge is -2.51. The predicted octanol–water partition coefficient (Wildman–Crippen LogP) is 9.54. The highest BCUT2D eigenvalue weighted by molar-refractivity contribution is 5.84. The van der Waals surface area contributed by atoms with Gasteiger partial charge in [-0.1, -0.05) is 69.4 Å². The van der Waals surface area contributed by atoms with Gasteiger partial charge in [-0.05, 0) is 94.0 Å². The van der Waals surface area contributed by atoms with Crippen molar-refractivity contribution < 1.29 is 14.3 Å². The first-order valence-electron chi connectivity index (χ1n) is 16.9. The molecule has 3 fully saturated rings. The number of benzene rings is 1. The van der Waals surface area contributed by atoms with E-state index < -0.39 is 0 Å². The molecule has 5 atom stereocenters. The minimum Gasteiger partial charge on any atom is -0.497 e. The summed E-state index contributed by atoms with van der Waals surface area (Å²) in [4.78, 5) is 20.4. The summed E-state index contributed by atoms with van der Waals surface area (Å²) in [6, 6.07) is 8.15. The second-order valence-corrected chi connectivity index (χ2v) is 12.4. The van der Waals surface area contributed by atoms with Crippen molar-refractivity contribution in [2.45, 2.75) is 109 Å². The number of carbonyl (C=O) groups excluding carboxylic acids is 1. The van der Waals surface area contributed by atoms with Gasteiger partial charge in [-0.2, -0.15) is 0 Å². The summed E-state index contributed by atoms with van der Waals surface area (Å²) in [5.74, 6) is 1.81. The molecular formula is C38H54N2O3. The number of rotatable bonds is 19. The average Bonchev–Trinajstić information content (AvgIpc) is 3.05. The molecule has 1 aromatic carbocycles. The molecule has 1 unspecified atom stereocenters. The van der Waals surface area contributed by atoms with Gasteiger partial charge in [0, 0.05) is 30.1 Å². The van der Waals surface area contributed by atoms with E-state index in [2.05, 4.69) is 53.8 Å². The van der Waals surface area contributed by atoms with Crippen LogP contribution in [0.4, 0.5) is 0 Å². The monoisotopic (exact) mass is 586 g/mol. The summed E-state index contributed by atoms with van der Waals surface area (Å²) in [7, 11) is 1.68. The van der Waals surface area contributed by atoms with Crippen LogP contribution in [0.15, 0.2) is 67.4 Å². The molecule has 3 aliphatic rings. The number of piperidine rings is 3. The fourth-order valence-electron chi connectivity index (χ4n) is 6.84. The van der Waals surface area contributed by atoms with Crippen LogP contribution >= 0.6 is 0 Å². The van der Waals surface area contributed by atoms with Gasteiger partial charge < -0.3 is 9.47 Å². The number of pyridine rings is 1. The van der Waals surface area contributed by atoms with E-state index in [1.165, 1.54) is 44.9 Å². The lowest BCUT2D eigenvalue weighted by atomic mass is 9.73. The first-order valence-corrected chi connectivity index (χ1v) is 16.9. The van der Waals surface area contributed by atoms with Gasteiger partial charge in [-0.15, -0.1) is 6.58 Å². The summed E-state index contributed by atoms with van der Waals surface area (Å²) in [5.41, 5.74) is 1.93. The molecule has 5 heteroatoms. The molecule has 43 heavy (non-hydrogen) atoms. The zero-order valence-corrected chi connectivity index (χ0v) is 26.7. The minimum absolute atomic E-state index is 0.0912. The van der Waals surface area contributed by atoms with Gasteiger partial charge in [0.25, 0.3) is 0 Å². The first-order chi connectivity index (χ1) is 21.1. The molecule has 4 heterocycles. The van der Waals surface area contributed by atoms with Crippen LogP contribution in [0.1, 0.15) is 108 Å². The number of carbonyl (C=O) groups is 1. The Balaban J connectivity index is 1.26. The summed E-state index contributed by atoms with van der Waals surface area (Å²) < 4.78 is 11.9. The van der Waals surface area contributed by atoms with Crippen LogP contribution in [-0.2, 0) is 9.53 Å². The van der Waals surface area contributed by atoms with Crippen LogP contribution < -0.4 is 4.74 Å². The van der Waals surface area contributed by atoms with E-state index in [0.717, 1.165) is 73.8 Å². The molecule has 0 aliphatic carbocycles. The Kier molecular flexibility index (Phi) is 13.8. The van der Waals surface area contributed by atoms with Crippen molar-refractivity contribution in [2.24, 2.45) is 11.8 Å². The number of nitrogens with zero attached hydrogens (tertiary/aromatic N) is 2. The first kappa shape index (κ1) is 33.0. The van der Waals surface area contributed by atoms with Crippen LogP contribution in [0, 0.1) is 11.8 Å². The number of methoxy groups -OCH3 is 1. The highest BCUT2D eigenvalue weighted by atomic mass is 16.5. The highest BCUT2D eigenvalue weighted by Gasteiger charge is 2.44. The summed E-state index contributed by atoms with van der Waals surface area (Å²) in [6.07, 6.45) is 28.4. The lowest BCUT2D eigenvalue weighted by molar-refractivity contribution is -0.157. The average molecular weight is 587 g/mol. The number of esters is 1. The van der Waals surface area contributed by atoms with E-state index in [1.807, 2.05) is 30.5 Å². The maximum absolute atomic E-state index is 13.3. The molecule has 3 saturated heterocycles. The van der Waals surface area contributed by atoms with Gasteiger partial charge in [-0.3, -0.25) is 14.7 Å². The molecule has 3 aliphatic heterocycles. The van der Waals surface area contributed by atoms with Gasteiger partial charge in [0.15, 0.2) is 0 Å². The standard InChI is InChI=1S/C38H54N2O3/c1-4-6-7-8-9-10-11-12-13-14-15-16-17-18-19-20-37(41)43-38(36-27-31-24-26-40(36)29-30(31)5-2)33-23-25-39-35-22-21-32(42-3)28-34(33)35/h5,9-10,12-13,21-23,25,28,30-31,36,38H,2,4,6-8,11,14-20,24,26-27,29H2,1,3H3/b10-9-,13-12-/t30-,31-,36-,38+/m0/s1. The number of unbranched alkanes of at least 4 members (excludes halogenated alkanes) is 8. The van der Waals surface area contributed by atoms with Crippen molar-refractivity contribution in [1.29, 1.82) is 0 Å². The van der Waals surface area contributed by atoms with Crippen molar-refractivity contribution in [1.82, 2.24) is 9.88 Å². The molecule has 5 nitrogen and oxygen atoms in total. The molecule has 5 rings (SSSR count). The molecule has 0 radical (unpaired) electrons. The number of allylic oxidation sites excluding steroid dienone is 4. The SMILES string of the molecule is C=C[C@H]1CN2CC[C@H]1C[C@H]2[C@H](OC(=O)CCCCCCC/C=C\C/C=C\CCCCC)c1ccnc2ccc(OC)cc12. The Morgan fingerprint density at radius 3 is 2.53 bits per heavy atom. The predicted molar refractivity (Wildman–Crippen MR) is 178 cm³/mol. The third-order valence-electron chi connectivity index (χ3n) is 9.38. The van der Waals surface area contributed by atoms with Gasteiger partial charge in [0.2, 0.25) is 0 Å². The van der Waals surface area contributed by atoms with Gasteiger partial charge >= 0.3 is 5.97 Å². The Bertz CT molecular complexity index is 1200. The van der Waals surface area contributed by atoms with Crippen molar-refractivity contribution in [3.8, 4) is 5.75 Å². The smallest absolute Gasteiger partial charge is 0.306 e. The largest absolute Gasteiger partial charge is 0.497 e. The third kappa shape index (κ3) is 9.79. The Hall–Kier alpha value is -2.92. The topological polar surface area (TPSA) is 51.7 Å². The number of ether oxygens (including phenoxy) is 2. The van der Waals surface area contributed by atoms with Crippen molar-refractivity contribution >= 4 is 16.9 Å². The summed E-state index contributed by atoms with van der Waals surface area (Å²) in [5, 5.41) is 1.000. The quantitative estimate of drug-likeness (QED) is 0.0932.